The van der Waals surface area contributed by atoms with Gasteiger partial charge in [0.05, 0.1) is 6.61 Å². The largest absolute Gasteiger partial charge is 0.493 e. The molecule has 0 aliphatic carbocycles. The third-order valence-corrected chi connectivity index (χ3v) is 5.14. The zero-order valence-corrected chi connectivity index (χ0v) is 13.9. The average molecular weight is 331 g/mol. The molecule has 1 aromatic carbocycles. The van der Waals surface area contributed by atoms with Gasteiger partial charge in [0.15, 0.2) is 0 Å². The number of rotatable bonds is 5. The number of benzene rings is 1. The number of carbonyl (C=O) groups excluding carboxylic acids is 1. The Morgan fingerprint density at radius 1 is 1.21 bits per heavy atom. The van der Waals surface area contributed by atoms with E-state index in [1.165, 1.54) is 0 Å². The Labute approximate surface area is 142 Å². The van der Waals surface area contributed by atoms with Gasteiger partial charge in [-0.1, -0.05) is 18.2 Å². The van der Waals surface area contributed by atoms with Crippen molar-refractivity contribution >= 4 is 11.9 Å². The SMILES string of the molecule is O=C(O)CC[C@@H]1CCCCN1C(=O)C[C@H]1CCOc2ccccc21. The summed E-state index contributed by atoms with van der Waals surface area (Å²) in [6.07, 6.45) is 5.05. The van der Waals surface area contributed by atoms with Crippen LogP contribution in [0.3, 0.4) is 0 Å². The van der Waals surface area contributed by atoms with E-state index in [1.54, 1.807) is 0 Å². The van der Waals surface area contributed by atoms with Crippen molar-refractivity contribution in [1.82, 2.24) is 4.90 Å². The van der Waals surface area contributed by atoms with Gasteiger partial charge < -0.3 is 14.7 Å². The zero-order chi connectivity index (χ0) is 16.9. The molecule has 1 aromatic rings. The van der Waals surface area contributed by atoms with Gasteiger partial charge in [0.25, 0.3) is 0 Å². The van der Waals surface area contributed by atoms with E-state index in [-0.39, 0.29) is 24.3 Å². The summed E-state index contributed by atoms with van der Waals surface area (Å²) in [6.45, 7) is 1.41. The Kier molecular flexibility index (Phi) is 5.38. The van der Waals surface area contributed by atoms with Crippen LogP contribution in [0.5, 0.6) is 5.75 Å². The Balaban J connectivity index is 1.66. The van der Waals surface area contributed by atoms with Crippen LogP contribution < -0.4 is 4.74 Å². The summed E-state index contributed by atoms with van der Waals surface area (Å²) in [4.78, 5) is 25.7. The van der Waals surface area contributed by atoms with Crippen LogP contribution >= 0.6 is 0 Å². The van der Waals surface area contributed by atoms with Crippen LogP contribution in [0, 0.1) is 0 Å². The van der Waals surface area contributed by atoms with E-state index in [4.69, 9.17) is 9.84 Å². The molecule has 2 heterocycles. The molecule has 24 heavy (non-hydrogen) atoms. The van der Waals surface area contributed by atoms with E-state index in [0.29, 0.717) is 19.4 Å². The lowest BCUT2D eigenvalue weighted by molar-refractivity contribution is -0.140. The number of fused-ring (bicyclic) bond motifs is 1. The maximum absolute atomic E-state index is 12.9. The number of nitrogens with zero attached hydrogens (tertiary/aromatic N) is 1. The quantitative estimate of drug-likeness (QED) is 0.900. The van der Waals surface area contributed by atoms with Gasteiger partial charge in [-0.3, -0.25) is 9.59 Å². The Hall–Kier alpha value is -2.04. The summed E-state index contributed by atoms with van der Waals surface area (Å²) in [5, 5.41) is 8.92. The summed E-state index contributed by atoms with van der Waals surface area (Å²) in [5.74, 6) is 0.463. The molecule has 0 saturated carbocycles. The minimum atomic E-state index is -0.786. The molecule has 1 fully saturated rings. The maximum atomic E-state index is 12.9. The van der Waals surface area contributed by atoms with Crippen molar-refractivity contribution in [3.63, 3.8) is 0 Å². The van der Waals surface area contributed by atoms with Gasteiger partial charge in [-0.15, -0.1) is 0 Å². The number of hydrogen-bond donors (Lipinski definition) is 1. The standard InChI is InChI=1S/C19H25NO4/c21-18(20-11-4-3-5-15(20)8-9-19(22)23)13-14-10-12-24-17-7-2-1-6-16(14)17/h1-2,6-7,14-15H,3-5,8-13H2,(H,22,23)/t14-,15+/m1/s1. The van der Waals surface area contributed by atoms with Gasteiger partial charge in [-0.05, 0) is 49.7 Å². The van der Waals surface area contributed by atoms with Gasteiger partial charge in [0.2, 0.25) is 5.91 Å². The van der Waals surface area contributed by atoms with E-state index in [2.05, 4.69) is 0 Å². The molecule has 0 bridgehead atoms. The molecule has 1 N–H and O–H groups in total. The second-order valence-corrected chi connectivity index (χ2v) is 6.75. The third-order valence-electron chi connectivity index (χ3n) is 5.14. The first-order chi connectivity index (χ1) is 11.6. The minimum absolute atomic E-state index is 0.0810. The fourth-order valence-corrected chi connectivity index (χ4v) is 3.88. The molecule has 5 nitrogen and oxygen atoms in total. The molecule has 3 rings (SSSR count). The Morgan fingerprint density at radius 3 is 2.88 bits per heavy atom. The first-order valence-corrected chi connectivity index (χ1v) is 8.88. The van der Waals surface area contributed by atoms with E-state index >= 15 is 0 Å². The lowest BCUT2D eigenvalue weighted by atomic mass is 9.89. The Morgan fingerprint density at radius 2 is 2.04 bits per heavy atom. The second kappa shape index (κ2) is 7.69. The van der Waals surface area contributed by atoms with Crippen LogP contribution in [0.4, 0.5) is 0 Å². The van der Waals surface area contributed by atoms with E-state index in [0.717, 1.165) is 43.5 Å². The number of likely N-dealkylation sites (tertiary alicyclic amines) is 1. The lowest BCUT2D eigenvalue weighted by Gasteiger charge is -2.37. The molecule has 0 aromatic heterocycles. The molecule has 1 saturated heterocycles. The van der Waals surface area contributed by atoms with Crippen LogP contribution in [-0.4, -0.2) is 41.1 Å². The lowest BCUT2D eigenvalue weighted by Crippen LogP contribution is -2.44. The molecule has 1 amide bonds. The van der Waals surface area contributed by atoms with Crippen molar-refractivity contribution in [2.24, 2.45) is 0 Å². The van der Waals surface area contributed by atoms with Gasteiger partial charge in [0.1, 0.15) is 5.75 Å². The molecule has 0 spiro atoms. The zero-order valence-electron chi connectivity index (χ0n) is 13.9. The number of amides is 1. The van der Waals surface area contributed by atoms with Gasteiger partial charge in [-0.25, -0.2) is 0 Å². The molecule has 2 aliphatic rings. The van der Waals surface area contributed by atoms with Crippen LogP contribution in [0.2, 0.25) is 0 Å². The fraction of sp³-hybridized carbons (Fsp3) is 0.579. The van der Waals surface area contributed by atoms with Crippen molar-refractivity contribution < 1.29 is 19.4 Å². The molecule has 0 unspecified atom stereocenters. The number of piperidine rings is 1. The monoisotopic (exact) mass is 331 g/mol. The molecular weight excluding hydrogens is 306 g/mol. The molecule has 0 radical (unpaired) electrons. The number of ether oxygens (including phenoxy) is 1. The first-order valence-electron chi connectivity index (χ1n) is 8.88. The summed E-state index contributed by atoms with van der Waals surface area (Å²) < 4.78 is 5.68. The Bertz CT molecular complexity index is 601. The summed E-state index contributed by atoms with van der Waals surface area (Å²) in [6, 6.07) is 8.03. The predicted octanol–water partition coefficient (Wildman–Crippen LogP) is 3.19. The fourth-order valence-electron chi connectivity index (χ4n) is 3.88. The highest BCUT2D eigenvalue weighted by molar-refractivity contribution is 5.78. The topological polar surface area (TPSA) is 66.8 Å². The molecule has 2 aliphatic heterocycles. The van der Waals surface area contributed by atoms with Gasteiger partial charge >= 0.3 is 5.97 Å². The highest BCUT2D eigenvalue weighted by Crippen LogP contribution is 2.36. The normalized spacial score (nSPS) is 23.2. The molecule has 5 heteroatoms. The highest BCUT2D eigenvalue weighted by Gasteiger charge is 2.30. The summed E-state index contributed by atoms with van der Waals surface area (Å²) >= 11 is 0. The second-order valence-electron chi connectivity index (χ2n) is 6.75. The summed E-state index contributed by atoms with van der Waals surface area (Å²) in [5.41, 5.74) is 1.12. The van der Waals surface area contributed by atoms with Crippen molar-refractivity contribution in [2.75, 3.05) is 13.2 Å². The van der Waals surface area contributed by atoms with Crippen LogP contribution in [0.15, 0.2) is 24.3 Å². The van der Waals surface area contributed by atoms with E-state index < -0.39 is 5.97 Å². The number of para-hydroxylation sites is 1. The highest BCUT2D eigenvalue weighted by atomic mass is 16.5. The smallest absolute Gasteiger partial charge is 0.303 e. The number of carbonyl (C=O) groups is 2. The van der Waals surface area contributed by atoms with Crippen LogP contribution in [0.25, 0.3) is 0 Å². The molecule has 130 valence electrons. The molecular formula is C19H25NO4. The van der Waals surface area contributed by atoms with Crippen molar-refractivity contribution in [1.29, 1.82) is 0 Å². The summed E-state index contributed by atoms with van der Waals surface area (Å²) in [7, 11) is 0. The van der Waals surface area contributed by atoms with Gasteiger partial charge in [-0.2, -0.15) is 0 Å². The third kappa shape index (κ3) is 3.89. The first kappa shape index (κ1) is 16.8. The predicted molar refractivity (Wildman–Crippen MR) is 90.1 cm³/mol. The molecule has 2 atom stereocenters. The average Bonchev–Trinajstić information content (AvgIpc) is 2.60. The number of carboxylic acids is 1. The van der Waals surface area contributed by atoms with Crippen molar-refractivity contribution in [3.8, 4) is 5.75 Å². The van der Waals surface area contributed by atoms with E-state index in [1.807, 2.05) is 29.2 Å². The number of carboxylic acid groups (broad SMARTS) is 1. The van der Waals surface area contributed by atoms with Crippen molar-refractivity contribution in [2.45, 2.75) is 56.9 Å². The van der Waals surface area contributed by atoms with Crippen LogP contribution in [-0.2, 0) is 9.59 Å². The van der Waals surface area contributed by atoms with Crippen LogP contribution in [0.1, 0.15) is 56.4 Å². The maximum Gasteiger partial charge on any atom is 0.303 e. The van der Waals surface area contributed by atoms with Gasteiger partial charge in [0, 0.05) is 25.4 Å². The minimum Gasteiger partial charge on any atom is -0.493 e. The number of hydrogen-bond acceptors (Lipinski definition) is 3. The number of aliphatic carboxylic acids is 1. The van der Waals surface area contributed by atoms with E-state index in [9.17, 15) is 9.59 Å². The van der Waals surface area contributed by atoms with Crippen molar-refractivity contribution in [3.05, 3.63) is 29.8 Å².